The summed E-state index contributed by atoms with van der Waals surface area (Å²) in [6, 6.07) is 8.56. The SMILES string of the molecule is COC(CNc1nc(C)c(-c2nc3c(C4CC4)nccc3s2)c(NC2CCC(CO)C2)n1)c1ccc(F)cc1. The Morgan fingerprint density at radius 2 is 1.92 bits per heavy atom. The summed E-state index contributed by atoms with van der Waals surface area (Å²) in [5.74, 6) is 1.76. The van der Waals surface area contributed by atoms with Crippen LogP contribution in [-0.2, 0) is 4.74 Å². The third-order valence-corrected chi connectivity index (χ3v) is 8.75. The summed E-state index contributed by atoms with van der Waals surface area (Å²) in [6.07, 6.45) is 6.79. The van der Waals surface area contributed by atoms with Gasteiger partial charge in [-0.25, -0.2) is 14.4 Å². The van der Waals surface area contributed by atoms with Crippen molar-refractivity contribution in [1.29, 1.82) is 0 Å². The molecule has 39 heavy (non-hydrogen) atoms. The van der Waals surface area contributed by atoms with Gasteiger partial charge in [-0.15, -0.1) is 11.3 Å². The second-order valence-corrected chi connectivity index (χ2v) is 11.6. The number of hydrogen-bond donors (Lipinski definition) is 3. The maximum absolute atomic E-state index is 13.4. The van der Waals surface area contributed by atoms with Gasteiger partial charge in [0.05, 0.1) is 27.8 Å². The van der Waals surface area contributed by atoms with Gasteiger partial charge >= 0.3 is 0 Å². The molecule has 0 spiro atoms. The fraction of sp³-hybridized carbons (Fsp3) is 0.448. The maximum Gasteiger partial charge on any atom is 0.225 e. The van der Waals surface area contributed by atoms with Crippen molar-refractivity contribution in [2.24, 2.45) is 5.92 Å². The maximum atomic E-state index is 13.4. The van der Waals surface area contributed by atoms with E-state index in [0.717, 1.165) is 62.8 Å². The normalized spacial score (nSPS) is 19.9. The number of hydrogen-bond acceptors (Lipinski definition) is 9. The largest absolute Gasteiger partial charge is 0.396 e. The lowest BCUT2D eigenvalue weighted by atomic mass is 10.1. The summed E-state index contributed by atoms with van der Waals surface area (Å²) < 4.78 is 20.2. The molecule has 4 aromatic rings. The summed E-state index contributed by atoms with van der Waals surface area (Å²) >= 11 is 1.65. The molecule has 2 saturated carbocycles. The van der Waals surface area contributed by atoms with Crippen molar-refractivity contribution in [1.82, 2.24) is 19.9 Å². The van der Waals surface area contributed by atoms with Crippen LogP contribution in [0.5, 0.6) is 0 Å². The molecule has 0 amide bonds. The van der Waals surface area contributed by atoms with E-state index in [1.165, 1.54) is 25.0 Å². The Labute approximate surface area is 231 Å². The van der Waals surface area contributed by atoms with Crippen molar-refractivity contribution in [3.63, 3.8) is 0 Å². The number of nitrogens with zero attached hydrogens (tertiary/aromatic N) is 4. The molecule has 1 aromatic carbocycles. The van der Waals surface area contributed by atoms with E-state index in [-0.39, 0.29) is 24.6 Å². The van der Waals surface area contributed by atoms with Gasteiger partial charge in [0.25, 0.3) is 0 Å². The molecule has 6 rings (SSSR count). The van der Waals surface area contributed by atoms with Crippen LogP contribution in [0.3, 0.4) is 0 Å². The Hall–Kier alpha value is -3.21. The smallest absolute Gasteiger partial charge is 0.225 e. The number of methoxy groups -OCH3 is 1. The molecule has 3 unspecified atom stereocenters. The Bertz CT molecular complexity index is 1460. The number of aryl methyl sites for hydroxylation is 1. The van der Waals surface area contributed by atoms with Crippen molar-refractivity contribution in [2.45, 2.75) is 57.1 Å². The zero-order chi connectivity index (χ0) is 26.9. The van der Waals surface area contributed by atoms with Crippen LogP contribution in [0.15, 0.2) is 36.5 Å². The highest BCUT2D eigenvalue weighted by molar-refractivity contribution is 7.21. The lowest BCUT2D eigenvalue weighted by molar-refractivity contribution is 0.114. The zero-order valence-corrected chi connectivity index (χ0v) is 23.0. The minimum Gasteiger partial charge on any atom is -0.396 e. The summed E-state index contributed by atoms with van der Waals surface area (Å²) in [4.78, 5) is 19.4. The van der Waals surface area contributed by atoms with Gasteiger partial charge in [0.2, 0.25) is 5.95 Å². The van der Waals surface area contributed by atoms with Crippen LogP contribution in [0.4, 0.5) is 16.2 Å². The van der Waals surface area contributed by atoms with E-state index in [0.29, 0.717) is 24.3 Å². The first kappa shape index (κ1) is 26.0. The molecule has 3 aromatic heterocycles. The van der Waals surface area contributed by atoms with Gasteiger partial charge < -0.3 is 20.5 Å². The number of halogens is 1. The Balaban J connectivity index is 1.32. The topological polar surface area (TPSA) is 105 Å². The Morgan fingerprint density at radius 3 is 2.64 bits per heavy atom. The first-order valence-electron chi connectivity index (χ1n) is 13.6. The molecule has 2 aliphatic rings. The van der Waals surface area contributed by atoms with Crippen molar-refractivity contribution in [2.75, 3.05) is 30.9 Å². The van der Waals surface area contributed by atoms with Crippen molar-refractivity contribution >= 4 is 33.3 Å². The van der Waals surface area contributed by atoms with Crippen LogP contribution in [0.1, 0.15) is 61.1 Å². The Morgan fingerprint density at radius 1 is 1.10 bits per heavy atom. The average Bonchev–Trinajstić information content (AvgIpc) is 3.53. The first-order valence-corrected chi connectivity index (χ1v) is 14.4. The third-order valence-electron chi connectivity index (χ3n) is 7.72. The molecular formula is C29H33FN6O2S. The molecule has 3 N–H and O–H groups in total. The van der Waals surface area contributed by atoms with Gasteiger partial charge in [-0.2, -0.15) is 4.98 Å². The third kappa shape index (κ3) is 5.59. The zero-order valence-electron chi connectivity index (χ0n) is 22.2. The molecule has 3 heterocycles. The van der Waals surface area contributed by atoms with E-state index in [1.54, 1.807) is 30.6 Å². The number of pyridine rings is 1. The molecule has 8 nitrogen and oxygen atoms in total. The van der Waals surface area contributed by atoms with E-state index >= 15 is 0 Å². The average molecular weight is 549 g/mol. The molecule has 0 saturated heterocycles. The molecule has 0 bridgehead atoms. The molecule has 0 aliphatic heterocycles. The van der Waals surface area contributed by atoms with Gasteiger partial charge in [0.1, 0.15) is 22.2 Å². The molecular weight excluding hydrogens is 515 g/mol. The molecule has 2 fully saturated rings. The number of fused-ring (bicyclic) bond motifs is 1. The van der Waals surface area contributed by atoms with Crippen LogP contribution >= 0.6 is 11.3 Å². The van der Waals surface area contributed by atoms with E-state index in [9.17, 15) is 9.50 Å². The minimum absolute atomic E-state index is 0.206. The number of anilines is 2. The molecule has 10 heteroatoms. The van der Waals surface area contributed by atoms with Gasteiger partial charge in [0.15, 0.2) is 0 Å². The quantitative estimate of drug-likeness (QED) is 0.227. The summed E-state index contributed by atoms with van der Waals surface area (Å²) in [5.41, 5.74) is 4.67. The van der Waals surface area contributed by atoms with Crippen LogP contribution < -0.4 is 10.6 Å². The number of rotatable bonds is 10. The van der Waals surface area contributed by atoms with Crippen molar-refractivity contribution < 1.29 is 14.2 Å². The van der Waals surface area contributed by atoms with Crippen LogP contribution in [0.2, 0.25) is 0 Å². The van der Waals surface area contributed by atoms with E-state index in [1.807, 2.05) is 19.2 Å². The molecule has 204 valence electrons. The predicted octanol–water partition coefficient (Wildman–Crippen LogP) is 5.85. The number of benzene rings is 1. The van der Waals surface area contributed by atoms with Gasteiger partial charge in [-0.3, -0.25) is 4.98 Å². The van der Waals surface area contributed by atoms with E-state index < -0.39 is 0 Å². The van der Waals surface area contributed by atoms with Crippen LogP contribution in [-0.4, -0.2) is 51.3 Å². The molecule has 2 aliphatic carbocycles. The summed E-state index contributed by atoms with van der Waals surface area (Å²) in [7, 11) is 1.63. The highest BCUT2D eigenvalue weighted by Gasteiger charge is 2.30. The lowest BCUT2D eigenvalue weighted by Crippen LogP contribution is -2.20. The molecule has 0 radical (unpaired) electrons. The summed E-state index contributed by atoms with van der Waals surface area (Å²) in [6.45, 7) is 2.61. The number of aliphatic hydroxyl groups excluding tert-OH is 1. The van der Waals surface area contributed by atoms with Crippen molar-refractivity contribution in [3.8, 4) is 10.6 Å². The lowest BCUT2D eigenvalue weighted by Gasteiger charge is -2.20. The number of thiazole rings is 1. The number of ether oxygens (including phenoxy) is 1. The number of aromatic nitrogens is 4. The fourth-order valence-electron chi connectivity index (χ4n) is 5.41. The number of nitrogens with one attached hydrogen (secondary N) is 2. The van der Waals surface area contributed by atoms with Gasteiger partial charge in [-0.1, -0.05) is 12.1 Å². The van der Waals surface area contributed by atoms with E-state index in [2.05, 4.69) is 15.6 Å². The first-order chi connectivity index (χ1) is 19.0. The van der Waals surface area contributed by atoms with Gasteiger partial charge in [-0.05, 0) is 68.7 Å². The second kappa shape index (κ2) is 11.1. The van der Waals surface area contributed by atoms with E-state index in [4.69, 9.17) is 19.7 Å². The fourth-order valence-corrected chi connectivity index (χ4v) is 6.48. The standard InChI is InChI=1S/C29H33FN6O2S/c1-16-24(28-35-26-23(39-28)11-12-31-25(26)19-4-5-19)27(34-21-10-3-17(13-21)15-37)36-29(33-16)32-14-22(38-2)18-6-8-20(30)9-7-18/h6-9,11-12,17,19,21-22,37H,3-5,10,13-15H2,1-2H3,(H2,32,33,34,36). The van der Waals surface area contributed by atoms with Crippen LogP contribution in [0, 0.1) is 18.7 Å². The Kier molecular flexibility index (Phi) is 7.42. The minimum atomic E-state index is -0.289. The van der Waals surface area contributed by atoms with Crippen LogP contribution in [0.25, 0.3) is 20.8 Å². The highest BCUT2D eigenvalue weighted by atomic mass is 32.1. The van der Waals surface area contributed by atoms with Gasteiger partial charge in [0, 0.05) is 38.4 Å². The predicted molar refractivity (Wildman–Crippen MR) is 152 cm³/mol. The summed E-state index contributed by atoms with van der Waals surface area (Å²) in [5, 5.41) is 17.5. The highest BCUT2D eigenvalue weighted by Crippen LogP contribution is 2.44. The monoisotopic (exact) mass is 548 g/mol. The second-order valence-electron chi connectivity index (χ2n) is 10.6. The number of aliphatic hydroxyl groups is 1. The molecule has 3 atom stereocenters. The van der Waals surface area contributed by atoms with Crippen molar-refractivity contribution in [3.05, 3.63) is 59.3 Å².